The first-order valence-electron chi connectivity index (χ1n) is 9.40. The third-order valence-corrected chi connectivity index (χ3v) is 6.21. The minimum atomic E-state index is 0.0581. The van der Waals surface area contributed by atoms with Gasteiger partial charge >= 0.3 is 0 Å². The highest BCUT2D eigenvalue weighted by atomic mass is 32.1. The summed E-state index contributed by atoms with van der Waals surface area (Å²) in [6.45, 7) is 2.53. The maximum atomic E-state index is 13.2. The van der Waals surface area contributed by atoms with E-state index in [-0.39, 0.29) is 17.7 Å². The van der Waals surface area contributed by atoms with E-state index in [1.165, 1.54) is 11.3 Å². The van der Waals surface area contributed by atoms with Crippen molar-refractivity contribution in [2.45, 2.75) is 45.2 Å². The summed E-state index contributed by atoms with van der Waals surface area (Å²) in [7, 11) is 1.65. The van der Waals surface area contributed by atoms with Crippen LogP contribution in [-0.4, -0.2) is 29.9 Å². The Bertz CT molecular complexity index is 851. The zero-order valence-corrected chi connectivity index (χ0v) is 16.5. The van der Waals surface area contributed by atoms with E-state index in [9.17, 15) is 9.59 Å². The summed E-state index contributed by atoms with van der Waals surface area (Å²) in [5.74, 6) is 1.10. The van der Waals surface area contributed by atoms with Crippen LogP contribution in [0.4, 0.5) is 5.00 Å². The van der Waals surface area contributed by atoms with Gasteiger partial charge < -0.3 is 15.0 Å². The van der Waals surface area contributed by atoms with Gasteiger partial charge in [0.15, 0.2) is 0 Å². The number of rotatable bonds is 7. The summed E-state index contributed by atoms with van der Waals surface area (Å²) in [5.41, 5.74) is 2.02. The van der Waals surface area contributed by atoms with Crippen LogP contribution in [-0.2, 0) is 11.3 Å². The van der Waals surface area contributed by atoms with Crippen molar-refractivity contribution in [2.75, 3.05) is 12.4 Å². The number of hydrogen-bond acceptors (Lipinski definition) is 4. The Morgan fingerprint density at radius 2 is 1.89 bits per heavy atom. The minimum Gasteiger partial charge on any atom is -0.497 e. The highest BCUT2D eigenvalue weighted by molar-refractivity contribution is 7.18. The van der Waals surface area contributed by atoms with Crippen molar-refractivity contribution in [3.63, 3.8) is 0 Å². The Hall–Kier alpha value is -2.34. The van der Waals surface area contributed by atoms with Crippen molar-refractivity contribution in [1.29, 1.82) is 0 Å². The van der Waals surface area contributed by atoms with Gasteiger partial charge in [-0.25, -0.2) is 0 Å². The van der Waals surface area contributed by atoms with Gasteiger partial charge in [-0.05, 0) is 61.9 Å². The monoisotopic (exact) mass is 384 g/mol. The zero-order chi connectivity index (χ0) is 19.0. The number of carbonyl (C=O) groups excluding carboxylic acids is 2. The van der Waals surface area contributed by atoms with Crippen LogP contribution in [0.2, 0.25) is 0 Å². The van der Waals surface area contributed by atoms with Gasteiger partial charge in [0.25, 0.3) is 5.91 Å². The van der Waals surface area contributed by atoms with E-state index in [1.807, 2.05) is 42.2 Å². The maximum absolute atomic E-state index is 13.2. The standard InChI is InChI=1S/C21H24N2O3S/c1-13-11-18(22-20(24)15-5-6-15)27-19(13)21(25)23(16-7-8-16)12-14-3-9-17(26-2)10-4-14/h3-4,9-11,15-16H,5-8,12H2,1-2H3,(H,22,24). The first kappa shape index (κ1) is 18.0. The van der Waals surface area contributed by atoms with Crippen LogP contribution in [0.3, 0.4) is 0 Å². The Balaban J connectivity index is 1.49. The fourth-order valence-corrected chi connectivity index (χ4v) is 4.17. The number of ether oxygens (including phenoxy) is 1. The van der Waals surface area contributed by atoms with Crippen LogP contribution >= 0.6 is 11.3 Å². The summed E-state index contributed by atoms with van der Waals surface area (Å²) in [5, 5.41) is 3.73. The molecule has 5 nitrogen and oxygen atoms in total. The molecule has 1 aromatic carbocycles. The number of carbonyl (C=O) groups is 2. The molecule has 1 N–H and O–H groups in total. The van der Waals surface area contributed by atoms with Crippen LogP contribution < -0.4 is 10.1 Å². The molecule has 2 amide bonds. The third kappa shape index (κ3) is 4.16. The normalized spacial score (nSPS) is 16.1. The van der Waals surface area contributed by atoms with Crippen molar-refractivity contribution in [1.82, 2.24) is 4.90 Å². The molecule has 27 heavy (non-hydrogen) atoms. The molecule has 0 atom stereocenters. The Morgan fingerprint density at radius 3 is 2.48 bits per heavy atom. The van der Waals surface area contributed by atoms with Gasteiger partial charge in [-0.3, -0.25) is 9.59 Å². The number of nitrogens with one attached hydrogen (secondary N) is 1. The molecule has 2 aliphatic rings. The van der Waals surface area contributed by atoms with Crippen molar-refractivity contribution in [2.24, 2.45) is 5.92 Å². The molecular formula is C21H24N2O3S. The Morgan fingerprint density at radius 1 is 1.19 bits per heavy atom. The lowest BCUT2D eigenvalue weighted by atomic mass is 10.2. The lowest BCUT2D eigenvalue weighted by Crippen LogP contribution is -2.32. The number of nitrogens with zero attached hydrogens (tertiary/aromatic N) is 1. The topological polar surface area (TPSA) is 58.6 Å². The molecule has 4 rings (SSSR count). The number of benzene rings is 1. The van der Waals surface area contributed by atoms with Crippen molar-refractivity contribution in [3.8, 4) is 5.75 Å². The van der Waals surface area contributed by atoms with E-state index >= 15 is 0 Å². The van der Waals surface area contributed by atoms with Crippen LogP contribution in [0, 0.1) is 12.8 Å². The van der Waals surface area contributed by atoms with Crippen LogP contribution in [0.15, 0.2) is 30.3 Å². The molecule has 2 aliphatic carbocycles. The summed E-state index contributed by atoms with van der Waals surface area (Å²) in [4.78, 5) is 27.9. The molecule has 2 saturated carbocycles. The largest absolute Gasteiger partial charge is 0.497 e. The zero-order valence-electron chi connectivity index (χ0n) is 15.7. The smallest absolute Gasteiger partial charge is 0.264 e. The predicted octanol–water partition coefficient (Wildman–Crippen LogP) is 4.22. The molecule has 6 heteroatoms. The molecule has 142 valence electrons. The number of amides is 2. The maximum Gasteiger partial charge on any atom is 0.264 e. The average molecular weight is 385 g/mol. The van der Waals surface area contributed by atoms with E-state index in [0.717, 1.165) is 52.4 Å². The van der Waals surface area contributed by atoms with Gasteiger partial charge in [0, 0.05) is 18.5 Å². The lowest BCUT2D eigenvalue weighted by molar-refractivity contribution is -0.117. The summed E-state index contributed by atoms with van der Waals surface area (Å²) in [6.07, 6.45) is 4.05. The van der Waals surface area contributed by atoms with E-state index in [1.54, 1.807) is 7.11 Å². The number of thiophene rings is 1. The predicted molar refractivity (Wildman–Crippen MR) is 106 cm³/mol. The SMILES string of the molecule is COc1ccc(CN(C(=O)c2sc(NC(=O)C3CC3)cc2C)C2CC2)cc1. The fraction of sp³-hybridized carbons (Fsp3) is 0.429. The molecule has 2 fully saturated rings. The molecule has 1 aromatic heterocycles. The van der Waals surface area contributed by atoms with Gasteiger partial charge in [-0.1, -0.05) is 12.1 Å². The summed E-state index contributed by atoms with van der Waals surface area (Å²) < 4.78 is 5.21. The number of aryl methyl sites for hydroxylation is 1. The van der Waals surface area contributed by atoms with Crippen molar-refractivity contribution < 1.29 is 14.3 Å². The second kappa shape index (κ2) is 7.35. The molecule has 0 saturated heterocycles. The molecule has 1 heterocycles. The first-order chi connectivity index (χ1) is 13.0. The van der Waals surface area contributed by atoms with E-state index in [0.29, 0.717) is 12.6 Å². The van der Waals surface area contributed by atoms with E-state index in [4.69, 9.17) is 4.74 Å². The third-order valence-electron chi connectivity index (χ3n) is 5.07. The summed E-state index contributed by atoms with van der Waals surface area (Å²) >= 11 is 1.39. The second-order valence-corrected chi connectivity index (χ2v) is 8.45. The van der Waals surface area contributed by atoms with Crippen molar-refractivity contribution in [3.05, 3.63) is 46.3 Å². The van der Waals surface area contributed by atoms with Gasteiger partial charge in [0.1, 0.15) is 5.75 Å². The lowest BCUT2D eigenvalue weighted by Gasteiger charge is -2.22. The quantitative estimate of drug-likeness (QED) is 0.778. The second-order valence-electron chi connectivity index (χ2n) is 7.40. The van der Waals surface area contributed by atoms with Gasteiger partial charge in [-0.2, -0.15) is 0 Å². The van der Waals surface area contributed by atoms with Gasteiger partial charge in [0.05, 0.1) is 17.0 Å². The van der Waals surface area contributed by atoms with Gasteiger partial charge in [0.2, 0.25) is 5.91 Å². The van der Waals surface area contributed by atoms with Gasteiger partial charge in [-0.15, -0.1) is 11.3 Å². The Kier molecular flexibility index (Phi) is 4.91. The van der Waals surface area contributed by atoms with Crippen molar-refractivity contribution >= 4 is 28.2 Å². The average Bonchev–Trinajstić information content (AvgIpc) is 3.57. The number of anilines is 1. The molecule has 2 aromatic rings. The van der Waals surface area contributed by atoms with E-state index in [2.05, 4.69) is 5.32 Å². The first-order valence-corrected chi connectivity index (χ1v) is 10.2. The van der Waals surface area contributed by atoms with Crippen LogP contribution in [0.5, 0.6) is 5.75 Å². The molecule has 0 unspecified atom stereocenters. The van der Waals surface area contributed by atoms with Crippen LogP contribution in [0.1, 0.15) is 46.5 Å². The molecule has 0 spiro atoms. The fourth-order valence-electron chi connectivity index (χ4n) is 3.14. The molecule has 0 radical (unpaired) electrons. The molecule has 0 aliphatic heterocycles. The molecular weight excluding hydrogens is 360 g/mol. The highest BCUT2D eigenvalue weighted by Gasteiger charge is 2.35. The summed E-state index contributed by atoms with van der Waals surface area (Å²) in [6, 6.07) is 10.1. The van der Waals surface area contributed by atoms with Crippen LogP contribution in [0.25, 0.3) is 0 Å². The molecule has 0 bridgehead atoms. The number of hydrogen-bond donors (Lipinski definition) is 1. The van der Waals surface area contributed by atoms with E-state index < -0.39 is 0 Å². The minimum absolute atomic E-state index is 0.0581. The highest BCUT2D eigenvalue weighted by Crippen LogP contribution is 2.35. The Labute approximate surface area is 163 Å². The number of methoxy groups -OCH3 is 1.